The molecule has 0 unspecified atom stereocenters. The van der Waals surface area contributed by atoms with Crippen LogP contribution < -0.4 is 5.32 Å². The normalized spacial score (nSPS) is 15.7. The van der Waals surface area contributed by atoms with Crippen molar-refractivity contribution in [2.45, 2.75) is 9.79 Å². The van der Waals surface area contributed by atoms with Crippen molar-refractivity contribution < 1.29 is 26.4 Å². The van der Waals surface area contributed by atoms with Gasteiger partial charge in [-0.05, 0) is 42.5 Å². The quantitative estimate of drug-likeness (QED) is 0.665. The molecule has 0 spiro atoms. The predicted octanol–water partition coefficient (Wildman–Crippen LogP) is 1.86. The SMILES string of the molecule is CN(C)S(=O)(=O)c1ccc(NC(=O)c2ccc(Cl)c(S(=O)(=O)N3CCOCC3)c2)cc1. The Morgan fingerprint density at radius 2 is 1.65 bits per heavy atom. The van der Waals surface area contributed by atoms with E-state index in [1.54, 1.807) is 0 Å². The van der Waals surface area contributed by atoms with Gasteiger partial charge in [-0.25, -0.2) is 21.1 Å². The van der Waals surface area contributed by atoms with E-state index in [-0.39, 0.29) is 46.7 Å². The Kier molecular flexibility index (Phi) is 7.04. The van der Waals surface area contributed by atoms with Crippen molar-refractivity contribution in [3.8, 4) is 0 Å². The van der Waals surface area contributed by atoms with Crippen molar-refractivity contribution in [1.82, 2.24) is 8.61 Å². The molecule has 31 heavy (non-hydrogen) atoms. The van der Waals surface area contributed by atoms with Crippen molar-refractivity contribution in [2.24, 2.45) is 0 Å². The van der Waals surface area contributed by atoms with Gasteiger partial charge in [0.05, 0.1) is 23.1 Å². The van der Waals surface area contributed by atoms with Gasteiger partial charge in [0.1, 0.15) is 4.90 Å². The molecule has 1 amide bonds. The number of halogens is 1. The second kappa shape index (κ2) is 9.23. The van der Waals surface area contributed by atoms with Crippen LogP contribution in [0.3, 0.4) is 0 Å². The number of hydrogen-bond acceptors (Lipinski definition) is 6. The maximum absolute atomic E-state index is 12.9. The number of nitrogens with one attached hydrogen (secondary N) is 1. The van der Waals surface area contributed by atoms with Gasteiger partial charge in [-0.2, -0.15) is 4.31 Å². The Bertz CT molecular complexity index is 1180. The average molecular weight is 488 g/mol. The van der Waals surface area contributed by atoms with E-state index >= 15 is 0 Å². The van der Waals surface area contributed by atoms with Gasteiger partial charge in [0, 0.05) is 38.4 Å². The molecule has 1 fully saturated rings. The lowest BCUT2D eigenvalue weighted by Crippen LogP contribution is -2.40. The number of morpholine rings is 1. The van der Waals surface area contributed by atoms with Gasteiger partial charge in [-0.1, -0.05) is 11.6 Å². The topological polar surface area (TPSA) is 113 Å². The lowest BCUT2D eigenvalue weighted by atomic mass is 10.2. The predicted molar refractivity (Wildman–Crippen MR) is 116 cm³/mol. The number of ether oxygens (including phenoxy) is 1. The summed E-state index contributed by atoms with van der Waals surface area (Å²) in [5, 5.41) is 2.64. The van der Waals surface area contributed by atoms with Gasteiger partial charge in [0.2, 0.25) is 20.0 Å². The maximum atomic E-state index is 12.9. The fraction of sp³-hybridized carbons (Fsp3) is 0.316. The number of anilines is 1. The molecule has 2 aromatic carbocycles. The summed E-state index contributed by atoms with van der Waals surface area (Å²) in [6.07, 6.45) is 0. The van der Waals surface area contributed by atoms with Gasteiger partial charge in [-0.15, -0.1) is 0 Å². The first-order valence-electron chi connectivity index (χ1n) is 9.25. The number of carbonyl (C=O) groups excluding carboxylic acids is 1. The van der Waals surface area contributed by atoms with E-state index in [9.17, 15) is 21.6 Å². The third-order valence-electron chi connectivity index (χ3n) is 4.67. The molecule has 0 atom stereocenters. The zero-order chi connectivity index (χ0) is 22.8. The molecule has 0 radical (unpaired) electrons. The second-order valence-corrected chi connectivity index (χ2v) is 11.4. The van der Waals surface area contributed by atoms with Crippen LogP contribution in [0, 0.1) is 0 Å². The third-order valence-corrected chi connectivity index (χ3v) is 8.88. The Labute approximate surface area is 186 Å². The molecule has 1 aliphatic rings. The highest BCUT2D eigenvalue weighted by Crippen LogP contribution is 2.27. The molecule has 0 saturated carbocycles. The number of benzene rings is 2. The monoisotopic (exact) mass is 487 g/mol. The van der Waals surface area contributed by atoms with Gasteiger partial charge in [0.15, 0.2) is 0 Å². The number of amides is 1. The highest BCUT2D eigenvalue weighted by Gasteiger charge is 2.29. The van der Waals surface area contributed by atoms with E-state index in [0.717, 1.165) is 4.31 Å². The minimum atomic E-state index is -3.88. The van der Waals surface area contributed by atoms with E-state index in [0.29, 0.717) is 5.69 Å². The lowest BCUT2D eigenvalue weighted by molar-refractivity contribution is 0.0730. The molecule has 0 aromatic heterocycles. The van der Waals surface area contributed by atoms with Crippen LogP contribution in [-0.4, -0.2) is 71.8 Å². The third kappa shape index (κ3) is 5.08. The van der Waals surface area contributed by atoms with E-state index in [1.807, 2.05) is 0 Å². The van der Waals surface area contributed by atoms with Crippen LogP contribution in [-0.2, 0) is 24.8 Å². The molecule has 0 aliphatic carbocycles. The van der Waals surface area contributed by atoms with E-state index in [2.05, 4.69) is 5.32 Å². The zero-order valence-electron chi connectivity index (χ0n) is 16.9. The molecule has 3 rings (SSSR count). The van der Waals surface area contributed by atoms with Gasteiger partial charge in [0.25, 0.3) is 5.91 Å². The fourth-order valence-corrected chi connectivity index (χ4v) is 5.70. The van der Waals surface area contributed by atoms with Gasteiger partial charge >= 0.3 is 0 Å². The van der Waals surface area contributed by atoms with Crippen molar-refractivity contribution in [2.75, 3.05) is 45.7 Å². The minimum Gasteiger partial charge on any atom is -0.379 e. The summed E-state index contributed by atoms with van der Waals surface area (Å²) in [6, 6.07) is 9.66. The van der Waals surface area contributed by atoms with Crippen molar-refractivity contribution in [3.05, 3.63) is 53.1 Å². The average Bonchev–Trinajstić information content (AvgIpc) is 2.74. The van der Waals surface area contributed by atoms with Crippen molar-refractivity contribution in [3.63, 3.8) is 0 Å². The molecule has 2 aromatic rings. The van der Waals surface area contributed by atoms with Crippen molar-refractivity contribution >= 4 is 43.2 Å². The lowest BCUT2D eigenvalue weighted by Gasteiger charge is -2.26. The summed E-state index contributed by atoms with van der Waals surface area (Å²) in [6.45, 7) is 0.988. The first-order chi connectivity index (χ1) is 14.5. The van der Waals surface area contributed by atoms with Crippen LogP contribution in [0.25, 0.3) is 0 Å². The van der Waals surface area contributed by atoms with Gasteiger partial charge in [-0.3, -0.25) is 4.79 Å². The Morgan fingerprint density at radius 3 is 2.23 bits per heavy atom. The van der Waals surface area contributed by atoms with Crippen LogP contribution in [0.4, 0.5) is 5.69 Å². The van der Waals surface area contributed by atoms with Crippen LogP contribution in [0.15, 0.2) is 52.3 Å². The van der Waals surface area contributed by atoms with Crippen LogP contribution in [0.5, 0.6) is 0 Å². The number of sulfonamides is 2. The molecular formula is C19H22ClN3O6S2. The standard InChI is InChI=1S/C19H22ClN3O6S2/c1-22(2)30(25,26)16-6-4-15(5-7-16)21-19(24)14-3-8-17(20)18(13-14)31(27,28)23-9-11-29-12-10-23/h3-8,13H,9-12H2,1-2H3,(H,21,24). The number of rotatable bonds is 6. The smallest absolute Gasteiger partial charge is 0.255 e. The van der Waals surface area contributed by atoms with Gasteiger partial charge < -0.3 is 10.1 Å². The highest BCUT2D eigenvalue weighted by atomic mass is 35.5. The molecular weight excluding hydrogens is 466 g/mol. The molecule has 0 bridgehead atoms. The van der Waals surface area contributed by atoms with Crippen LogP contribution in [0.1, 0.15) is 10.4 Å². The van der Waals surface area contributed by atoms with E-state index in [4.69, 9.17) is 16.3 Å². The summed E-state index contributed by atoms with van der Waals surface area (Å²) >= 11 is 6.12. The molecule has 1 saturated heterocycles. The minimum absolute atomic E-state index is 0.0151. The summed E-state index contributed by atoms with van der Waals surface area (Å²) in [5.41, 5.74) is 0.455. The highest BCUT2D eigenvalue weighted by molar-refractivity contribution is 7.89. The van der Waals surface area contributed by atoms with Crippen LogP contribution >= 0.6 is 11.6 Å². The molecule has 1 N–H and O–H groups in total. The number of carbonyl (C=O) groups is 1. The first kappa shape index (κ1) is 23.6. The Hall–Kier alpha value is -2.02. The Morgan fingerprint density at radius 1 is 1.03 bits per heavy atom. The molecule has 1 aliphatic heterocycles. The van der Waals surface area contributed by atoms with E-state index < -0.39 is 26.0 Å². The molecule has 12 heteroatoms. The second-order valence-electron chi connectivity index (χ2n) is 6.93. The Balaban J connectivity index is 1.82. The molecule has 9 nitrogen and oxygen atoms in total. The zero-order valence-corrected chi connectivity index (χ0v) is 19.3. The summed E-state index contributed by atoms with van der Waals surface area (Å²) in [5.74, 6) is -0.557. The van der Waals surface area contributed by atoms with E-state index in [1.165, 1.54) is 60.9 Å². The summed E-state index contributed by atoms with van der Waals surface area (Å²) < 4.78 is 57.7. The molecule has 1 heterocycles. The first-order valence-corrected chi connectivity index (χ1v) is 12.5. The van der Waals surface area contributed by atoms with Crippen molar-refractivity contribution in [1.29, 1.82) is 0 Å². The summed E-state index contributed by atoms with van der Waals surface area (Å²) in [7, 11) is -4.62. The summed E-state index contributed by atoms with van der Waals surface area (Å²) in [4.78, 5) is 12.6. The fourth-order valence-electron chi connectivity index (χ4n) is 2.89. The largest absolute Gasteiger partial charge is 0.379 e. The number of hydrogen-bond donors (Lipinski definition) is 1. The molecule has 168 valence electrons. The van der Waals surface area contributed by atoms with Crippen LogP contribution in [0.2, 0.25) is 5.02 Å². The number of nitrogens with zero attached hydrogens (tertiary/aromatic N) is 2. The maximum Gasteiger partial charge on any atom is 0.255 e.